The SMILES string of the molecule is CNC(=O)C(C)(C)Cn1c(N)nc2cccnc21. The van der Waals surface area contributed by atoms with Gasteiger partial charge in [-0.05, 0) is 26.0 Å². The molecule has 0 aliphatic carbocycles. The first-order valence-corrected chi connectivity index (χ1v) is 5.74. The van der Waals surface area contributed by atoms with E-state index >= 15 is 0 Å². The third-order valence-electron chi connectivity index (χ3n) is 2.93. The van der Waals surface area contributed by atoms with E-state index < -0.39 is 5.41 Å². The highest BCUT2D eigenvalue weighted by molar-refractivity contribution is 5.82. The first kappa shape index (κ1) is 12.3. The molecule has 2 heterocycles. The molecule has 0 aliphatic rings. The number of carbonyl (C=O) groups is 1. The molecule has 6 heteroatoms. The summed E-state index contributed by atoms with van der Waals surface area (Å²) in [5.41, 5.74) is 6.75. The van der Waals surface area contributed by atoms with Gasteiger partial charge in [0.15, 0.2) is 5.65 Å². The highest BCUT2D eigenvalue weighted by atomic mass is 16.2. The number of anilines is 1. The van der Waals surface area contributed by atoms with Crippen molar-refractivity contribution < 1.29 is 4.79 Å². The number of pyridine rings is 1. The van der Waals surface area contributed by atoms with Gasteiger partial charge in [0, 0.05) is 19.8 Å². The summed E-state index contributed by atoms with van der Waals surface area (Å²) in [6, 6.07) is 3.66. The summed E-state index contributed by atoms with van der Waals surface area (Å²) in [6.07, 6.45) is 1.69. The molecule has 0 fully saturated rings. The predicted octanol–water partition coefficient (Wildman–Crippen LogP) is 0.786. The molecule has 0 unspecified atom stereocenters. The van der Waals surface area contributed by atoms with E-state index in [1.165, 1.54) is 0 Å². The van der Waals surface area contributed by atoms with Gasteiger partial charge in [-0.15, -0.1) is 0 Å². The lowest BCUT2D eigenvalue weighted by atomic mass is 9.92. The number of imidazole rings is 1. The number of nitrogens with two attached hydrogens (primary N) is 1. The third-order valence-corrected chi connectivity index (χ3v) is 2.93. The van der Waals surface area contributed by atoms with Crippen LogP contribution in [0.1, 0.15) is 13.8 Å². The Morgan fingerprint density at radius 2 is 2.28 bits per heavy atom. The maximum absolute atomic E-state index is 11.8. The molecular weight excluding hydrogens is 230 g/mol. The Kier molecular flexibility index (Phi) is 2.94. The number of fused-ring (bicyclic) bond motifs is 1. The fraction of sp³-hybridized carbons (Fsp3) is 0.417. The second-order valence-electron chi connectivity index (χ2n) is 4.87. The van der Waals surface area contributed by atoms with Gasteiger partial charge in [0.25, 0.3) is 0 Å². The molecule has 0 saturated heterocycles. The quantitative estimate of drug-likeness (QED) is 0.839. The Bertz CT molecular complexity index is 587. The number of nitrogen functional groups attached to an aromatic ring is 1. The molecule has 0 bridgehead atoms. The maximum Gasteiger partial charge on any atom is 0.227 e. The molecule has 3 N–H and O–H groups in total. The molecular formula is C12H17N5O. The highest BCUT2D eigenvalue weighted by Gasteiger charge is 2.28. The van der Waals surface area contributed by atoms with E-state index in [9.17, 15) is 4.79 Å². The van der Waals surface area contributed by atoms with Crippen molar-refractivity contribution >= 4 is 23.0 Å². The van der Waals surface area contributed by atoms with Gasteiger partial charge in [0.2, 0.25) is 11.9 Å². The van der Waals surface area contributed by atoms with Gasteiger partial charge in [-0.2, -0.15) is 0 Å². The van der Waals surface area contributed by atoms with Crippen LogP contribution in [0.25, 0.3) is 11.2 Å². The highest BCUT2D eigenvalue weighted by Crippen LogP contribution is 2.23. The molecule has 1 amide bonds. The largest absolute Gasteiger partial charge is 0.369 e. The van der Waals surface area contributed by atoms with E-state index in [0.29, 0.717) is 18.1 Å². The first-order chi connectivity index (χ1) is 8.45. The summed E-state index contributed by atoms with van der Waals surface area (Å²) in [7, 11) is 1.62. The lowest BCUT2D eigenvalue weighted by Crippen LogP contribution is -2.38. The number of hydrogen-bond donors (Lipinski definition) is 2. The number of hydrogen-bond acceptors (Lipinski definition) is 4. The van der Waals surface area contributed by atoms with Gasteiger partial charge in [-0.25, -0.2) is 9.97 Å². The summed E-state index contributed by atoms with van der Waals surface area (Å²) in [5.74, 6) is 0.334. The minimum absolute atomic E-state index is 0.0420. The number of carbonyl (C=O) groups excluding carboxylic acids is 1. The molecule has 96 valence electrons. The predicted molar refractivity (Wildman–Crippen MR) is 69.8 cm³/mol. The molecule has 0 spiro atoms. The van der Waals surface area contributed by atoms with Crippen molar-refractivity contribution in [2.75, 3.05) is 12.8 Å². The topological polar surface area (TPSA) is 85.8 Å². The van der Waals surface area contributed by atoms with E-state index in [2.05, 4.69) is 15.3 Å². The second kappa shape index (κ2) is 4.29. The second-order valence-corrected chi connectivity index (χ2v) is 4.87. The summed E-state index contributed by atoms with van der Waals surface area (Å²) < 4.78 is 1.77. The van der Waals surface area contributed by atoms with Gasteiger partial charge in [0.05, 0.1) is 5.41 Å². The molecule has 0 saturated carbocycles. The van der Waals surface area contributed by atoms with E-state index in [4.69, 9.17) is 5.73 Å². The lowest BCUT2D eigenvalue weighted by Gasteiger charge is -2.23. The van der Waals surface area contributed by atoms with E-state index in [0.717, 1.165) is 5.52 Å². The van der Waals surface area contributed by atoms with Crippen LogP contribution in [0.4, 0.5) is 5.95 Å². The zero-order valence-corrected chi connectivity index (χ0v) is 10.8. The van der Waals surface area contributed by atoms with Crippen LogP contribution in [0.5, 0.6) is 0 Å². The van der Waals surface area contributed by atoms with Crippen LogP contribution in [-0.4, -0.2) is 27.5 Å². The zero-order valence-electron chi connectivity index (χ0n) is 10.8. The fourth-order valence-corrected chi connectivity index (χ4v) is 1.94. The van der Waals surface area contributed by atoms with Gasteiger partial charge >= 0.3 is 0 Å². The summed E-state index contributed by atoms with van der Waals surface area (Å²) in [4.78, 5) is 20.3. The maximum atomic E-state index is 11.8. The minimum Gasteiger partial charge on any atom is -0.369 e. The van der Waals surface area contributed by atoms with Crippen LogP contribution >= 0.6 is 0 Å². The van der Waals surface area contributed by atoms with Crippen LogP contribution in [0.2, 0.25) is 0 Å². The van der Waals surface area contributed by atoms with E-state index in [1.807, 2.05) is 26.0 Å². The van der Waals surface area contributed by atoms with Crippen molar-refractivity contribution in [1.82, 2.24) is 19.9 Å². The van der Waals surface area contributed by atoms with Gasteiger partial charge in [0.1, 0.15) is 5.52 Å². The van der Waals surface area contributed by atoms with Crippen molar-refractivity contribution in [1.29, 1.82) is 0 Å². The number of amides is 1. The molecule has 18 heavy (non-hydrogen) atoms. The lowest BCUT2D eigenvalue weighted by molar-refractivity contribution is -0.129. The number of rotatable bonds is 3. The van der Waals surface area contributed by atoms with Crippen LogP contribution in [-0.2, 0) is 11.3 Å². The smallest absolute Gasteiger partial charge is 0.227 e. The van der Waals surface area contributed by atoms with E-state index in [-0.39, 0.29) is 5.91 Å². The van der Waals surface area contributed by atoms with Crippen LogP contribution < -0.4 is 11.1 Å². The summed E-state index contributed by atoms with van der Waals surface area (Å²) in [6.45, 7) is 4.16. The Hall–Kier alpha value is -2.11. The average Bonchev–Trinajstić information content (AvgIpc) is 2.65. The number of nitrogens with one attached hydrogen (secondary N) is 1. The Morgan fingerprint density at radius 1 is 1.56 bits per heavy atom. The minimum atomic E-state index is -0.575. The molecule has 0 atom stereocenters. The Labute approximate surface area is 105 Å². The molecule has 0 radical (unpaired) electrons. The monoisotopic (exact) mass is 247 g/mol. The molecule has 2 aromatic rings. The fourth-order valence-electron chi connectivity index (χ4n) is 1.94. The van der Waals surface area contributed by atoms with Crippen LogP contribution in [0.3, 0.4) is 0 Å². The van der Waals surface area contributed by atoms with Gasteiger partial charge in [-0.3, -0.25) is 9.36 Å². The summed E-state index contributed by atoms with van der Waals surface area (Å²) in [5, 5.41) is 2.65. The molecule has 6 nitrogen and oxygen atoms in total. The Morgan fingerprint density at radius 3 is 2.94 bits per heavy atom. The van der Waals surface area contributed by atoms with Crippen molar-refractivity contribution in [3.8, 4) is 0 Å². The average molecular weight is 247 g/mol. The molecule has 0 aliphatic heterocycles. The molecule has 2 aromatic heterocycles. The normalized spacial score (nSPS) is 11.7. The van der Waals surface area contributed by atoms with E-state index in [1.54, 1.807) is 17.8 Å². The molecule has 0 aromatic carbocycles. The van der Waals surface area contributed by atoms with Crippen molar-refractivity contribution in [3.63, 3.8) is 0 Å². The third kappa shape index (κ3) is 2.01. The van der Waals surface area contributed by atoms with Gasteiger partial charge < -0.3 is 11.1 Å². The molecule has 2 rings (SSSR count). The van der Waals surface area contributed by atoms with Gasteiger partial charge in [-0.1, -0.05) is 0 Å². The first-order valence-electron chi connectivity index (χ1n) is 5.74. The summed E-state index contributed by atoms with van der Waals surface area (Å²) >= 11 is 0. The number of aromatic nitrogens is 3. The van der Waals surface area contributed by atoms with Crippen LogP contribution in [0, 0.1) is 5.41 Å². The van der Waals surface area contributed by atoms with Crippen molar-refractivity contribution in [3.05, 3.63) is 18.3 Å². The Balaban J connectivity index is 2.43. The van der Waals surface area contributed by atoms with Crippen LogP contribution in [0.15, 0.2) is 18.3 Å². The standard InChI is InChI=1S/C12H17N5O/c1-12(2,10(18)14-3)7-17-9-8(16-11(17)13)5-4-6-15-9/h4-6H,7H2,1-3H3,(H2,13,16)(H,14,18). The van der Waals surface area contributed by atoms with Crippen molar-refractivity contribution in [2.24, 2.45) is 5.41 Å². The van der Waals surface area contributed by atoms with Crippen molar-refractivity contribution in [2.45, 2.75) is 20.4 Å². The number of nitrogens with zero attached hydrogens (tertiary/aromatic N) is 3. The zero-order chi connectivity index (χ0) is 13.3.